The van der Waals surface area contributed by atoms with Crippen molar-refractivity contribution in [2.75, 3.05) is 7.05 Å². The van der Waals surface area contributed by atoms with Crippen LogP contribution in [0.25, 0.3) is 11.8 Å². The molecule has 0 atom stereocenters. The second-order valence-corrected chi connectivity index (χ2v) is 6.67. The van der Waals surface area contributed by atoms with E-state index in [0.29, 0.717) is 10.6 Å². The fourth-order valence-electron chi connectivity index (χ4n) is 2.76. The molecule has 0 bridgehead atoms. The Morgan fingerprint density at radius 3 is 2.52 bits per heavy atom. The molecule has 2 heterocycles. The summed E-state index contributed by atoms with van der Waals surface area (Å²) in [5.41, 5.74) is 3.19. The summed E-state index contributed by atoms with van der Waals surface area (Å²) in [6.07, 6.45) is 1.69. The minimum atomic E-state index is -0.435. The van der Waals surface area contributed by atoms with Gasteiger partial charge in [-0.1, -0.05) is 6.07 Å². The van der Waals surface area contributed by atoms with Crippen LogP contribution in [0.2, 0.25) is 0 Å². The molecule has 0 unspecified atom stereocenters. The number of carbonyl (C=O) groups is 2. The number of aromatic nitrogens is 1. The van der Waals surface area contributed by atoms with Crippen LogP contribution in [0.1, 0.15) is 17.0 Å². The lowest BCUT2D eigenvalue weighted by atomic mass is 10.2. The van der Waals surface area contributed by atoms with Crippen LogP contribution in [0, 0.1) is 24.0 Å². The van der Waals surface area contributed by atoms with Gasteiger partial charge >= 0.3 is 0 Å². The molecule has 0 spiro atoms. The van der Waals surface area contributed by atoms with E-state index in [4.69, 9.17) is 0 Å². The van der Waals surface area contributed by atoms with Crippen LogP contribution in [0.3, 0.4) is 0 Å². The zero-order valence-corrected chi connectivity index (χ0v) is 14.7. The van der Waals surface area contributed by atoms with Gasteiger partial charge in [0, 0.05) is 30.6 Å². The van der Waals surface area contributed by atoms with E-state index in [-0.39, 0.29) is 16.8 Å². The number of thioether (sulfide) groups is 1. The van der Waals surface area contributed by atoms with Crippen LogP contribution in [0.5, 0.6) is 0 Å². The molecule has 128 valence electrons. The molecule has 0 radical (unpaired) electrons. The number of hydrogen-bond acceptors (Lipinski definition) is 5. The Balaban J connectivity index is 2.06. The Labute approximate surface area is 148 Å². The number of amides is 2. The van der Waals surface area contributed by atoms with E-state index in [1.54, 1.807) is 18.2 Å². The topological polar surface area (TPSA) is 85.5 Å². The fourth-order valence-corrected chi connectivity index (χ4v) is 3.58. The number of imide groups is 1. The van der Waals surface area contributed by atoms with Gasteiger partial charge in [0.15, 0.2) is 0 Å². The van der Waals surface area contributed by atoms with Crippen molar-refractivity contribution < 1.29 is 14.5 Å². The van der Waals surface area contributed by atoms with E-state index < -0.39 is 4.92 Å². The monoisotopic (exact) mass is 357 g/mol. The van der Waals surface area contributed by atoms with Crippen molar-refractivity contribution in [3.8, 4) is 5.69 Å². The summed E-state index contributed by atoms with van der Waals surface area (Å²) >= 11 is 0.903. The van der Waals surface area contributed by atoms with E-state index in [9.17, 15) is 19.7 Å². The number of benzene rings is 1. The summed E-state index contributed by atoms with van der Waals surface area (Å²) in [5.74, 6) is -0.324. The summed E-state index contributed by atoms with van der Waals surface area (Å²) < 4.78 is 1.88. The summed E-state index contributed by atoms with van der Waals surface area (Å²) in [5, 5.41) is 10.7. The lowest BCUT2D eigenvalue weighted by Gasteiger charge is -2.09. The minimum absolute atomic E-state index is 0.0126. The van der Waals surface area contributed by atoms with Gasteiger partial charge in [0.25, 0.3) is 16.8 Å². The number of likely N-dealkylation sites (N-methyl/N-ethyl adjacent to an activating group) is 1. The number of nitrogens with zero attached hydrogens (tertiary/aromatic N) is 3. The molecule has 2 amide bonds. The molecule has 7 nitrogen and oxygen atoms in total. The molecule has 0 N–H and O–H groups in total. The molecule has 1 aromatic heterocycles. The van der Waals surface area contributed by atoms with Crippen LogP contribution in [0.4, 0.5) is 10.5 Å². The van der Waals surface area contributed by atoms with Crippen molar-refractivity contribution in [2.45, 2.75) is 13.8 Å². The largest absolute Gasteiger partial charge is 0.318 e. The predicted octanol–water partition coefficient (Wildman–Crippen LogP) is 3.67. The molecular formula is C17H15N3O4S. The zero-order chi connectivity index (χ0) is 18.3. The van der Waals surface area contributed by atoms with Gasteiger partial charge in [0.1, 0.15) is 0 Å². The highest BCUT2D eigenvalue weighted by molar-refractivity contribution is 8.18. The summed E-state index contributed by atoms with van der Waals surface area (Å²) in [6.45, 7) is 3.75. The van der Waals surface area contributed by atoms with Gasteiger partial charge in [-0.15, -0.1) is 0 Å². The third-order valence-corrected chi connectivity index (χ3v) is 5.00. The van der Waals surface area contributed by atoms with Gasteiger partial charge in [-0.05, 0) is 49.4 Å². The van der Waals surface area contributed by atoms with Crippen LogP contribution < -0.4 is 0 Å². The molecule has 25 heavy (non-hydrogen) atoms. The van der Waals surface area contributed by atoms with Gasteiger partial charge < -0.3 is 4.57 Å². The normalized spacial score (nSPS) is 16.1. The van der Waals surface area contributed by atoms with Gasteiger partial charge in [-0.3, -0.25) is 24.6 Å². The maximum absolute atomic E-state index is 12.0. The molecular weight excluding hydrogens is 342 g/mol. The molecule has 0 saturated carbocycles. The zero-order valence-electron chi connectivity index (χ0n) is 13.8. The Morgan fingerprint density at radius 1 is 1.20 bits per heavy atom. The first kappa shape index (κ1) is 17.0. The highest BCUT2D eigenvalue weighted by atomic mass is 32.2. The predicted molar refractivity (Wildman–Crippen MR) is 95.6 cm³/mol. The maximum Gasteiger partial charge on any atom is 0.293 e. The molecule has 0 aliphatic carbocycles. The Bertz CT molecular complexity index is 945. The lowest BCUT2D eigenvalue weighted by Crippen LogP contribution is -2.22. The summed E-state index contributed by atoms with van der Waals surface area (Å²) in [6, 6.07) is 8.25. The smallest absolute Gasteiger partial charge is 0.293 e. The van der Waals surface area contributed by atoms with E-state index in [1.165, 1.54) is 19.2 Å². The number of nitro benzene ring substituents is 1. The summed E-state index contributed by atoms with van der Waals surface area (Å²) in [7, 11) is 1.45. The van der Waals surface area contributed by atoms with Crippen LogP contribution in [0.15, 0.2) is 35.2 Å². The highest BCUT2D eigenvalue weighted by Gasteiger charge is 2.32. The quantitative estimate of drug-likeness (QED) is 0.475. The third-order valence-electron chi connectivity index (χ3n) is 4.04. The first-order chi connectivity index (χ1) is 11.8. The Kier molecular flexibility index (Phi) is 4.22. The van der Waals surface area contributed by atoms with Gasteiger partial charge in [0.05, 0.1) is 15.5 Å². The van der Waals surface area contributed by atoms with E-state index >= 15 is 0 Å². The molecule has 1 aromatic carbocycles. The fraction of sp³-hybridized carbons (Fsp3) is 0.176. The minimum Gasteiger partial charge on any atom is -0.318 e. The Morgan fingerprint density at radius 2 is 1.92 bits per heavy atom. The average molecular weight is 357 g/mol. The molecule has 8 heteroatoms. The Hall–Kier alpha value is -2.87. The van der Waals surface area contributed by atoms with E-state index in [0.717, 1.165) is 33.6 Å². The van der Waals surface area contributed by atoms with E-state index in [2.05, 4.69) is 0 Å². The van der Waals surface area contributed by atoms with Crippen molar-refractivity contribution >= 4 is 34.7 Å². The van der Waals surface area contributed by atoms with Crippen LogP contribution >= 0.6 is 11.8 Å². The number of non-ortho nitro benzene ring substituents is 1. The SMILES string of the molecule is Cc1cc(C=C2SC(=O)N(C)C2=O)c(C)n1-c1cccc([N+](=O)[O-])c1. The maximum atomic E-state index is 12.0. The first-order valence-corrected chi connectivity index (χ1v) is 8.26. The van der Waals surface area contributed by atoms with Gasteiger partial charge in [0.2, 0.25) is 0 Å². The van der Waals surface area contributed by atoms with Crippen LogP contribution in [-0.2, 0) is 4.79 Å². The number of aryl methyl sites for hydroxylation is 1. The number of rotatable bonds is 3. The lowest BCUT2D eigenvalue weighted by molar-refractivity contribution is -0.384. The van der Waals surface area contributed by atoms with Crippen molar-refractivity contribution in [3.63, 3.8) is 0 Å². The standard InChI is InChI=1S/C17H15N3O4S/c1-10-7-12(8-15-16(21)18(3)17(22)25-15)11(2)19(10)13-5-4-6-14(9-13)20(23)24/h4-9H,1-3H3. The van der Waals surface area contributed by atoms with Crippen molar-refractivity contribution in [2.24, 2.45) is 0 Å². The van der Waals surface area contributed by atoms with Gasteiger partial charge in [-0.2, -0.15) is 0 Å². The molecule has 1 fully saturated rings. The van der Waals surface area contributed by atoms with Crippen molar-refractivity contribution in [1.29, 1.82) is 0 Å². The van der Waals surface area contributed by atoms with Crippen molar-refractivity contribution in [3.05, 3.63) is 62.3 Å². The number of carbonyl (C=O) groups excluding carboxylic acids is 2. The second-order valence-electron chi connectivity index (χ2n) is 5.68. The van der Waals surface area contributed by atoms with Crippen LogP contribution in [-0.4, -0.2) is 32.6 Å². The average Bonchev–Trinajstić information content (AvgIpc) is 2.98. The molecule has 3 rings (SSSR count). The van der Waals surface area contributed by atoms with Crippen molar-refractivity contribution in [1.82, 2.24) is 9.47 Å². The number of hydrogen-bond donors (Lipinski definition) is 0. The summed E-state index contributed by atoms with van der Waals surface area (Å²) in [4.78, 5) is 35.7. The second kappa shape index (κ2) is 6.21. The molecule has 1 aliphatic heterocycles. The van der Waals surface area contributed by atoms with E-state index in [1.807, 2.05) is 24.5 Å². The molecule has 1 aliphatic rings. The third kappa shape index (κ3) is 2.96. The highest BCUT2D eigenvalue weighted by Crippen LogP contribution is 2.33. The number of nitro groups is 1. The molecule has 1 saturated heterocycles. The first-order valence-electron chi connectivity index (χ1n) is 7.45. The molecule has 2 aromatic rings. The van der Waals surface area contributed by atoms with Gasteiger partial charge in [-0.25, -0.2) is 0 Å².